The van der Waals surface area contributed by atoms with E-state index in [1.54, 1.807) is 12.3 Å². The molecule has 0 atom stereocenters. The van der Waals surface area contributed by atoms with Crippen LogP contribution in [0.4, 0.5) is 39.0 Å². The zero-order valence-corrected chi connectivity index (χ0v) is 25.1. The summed E-state index contributed by atoms with van der Waals surface area (Å²) in [5.41, 5.74) is -1.78. The van der Waals surface area contributed by atoms with Gasteiger partial charge in [0.25, 0.3) is 0 Å². The molecule has 16 heteroatoms. The first kappa shape index (κ1) is 33.0. The largest absolute Gasteiger partial charge is 0.493 e. The standard InChI is InChI=1S/C29H27F5N6O4S/c1-39(12-26(42)37-22-6-5-18(45-4)11-20(22)30)23-10-17(29(32,33)34)9-19(27(23)40(2)15-41)16-7-21(31)28(24(8-16)43-3)44-13-25-35-14-36-38-25/h5-11,14-15H,12-13H2,1-4H3,(H,37,42)(H,35,36,38). The van der Waals surface area contributed by atoms with Gasteiger partial charge >= 0.3 is 6.18 Å². The summed E-state index contributed by atoms with van der Waals surface area (Å²) in [4.78, 5) is 30.3. The van der Waals surface area contributed by atoms with Gasteiger partial charge in [-0.15, -0.1) is 22.0 Å². The maximum atomic E-state index is 15.4. The molecule has 2 amide bonds. The number of aromatic nitrogens is 3. The van der Waals surface area contributed by atoms with E-state index in [-0.39, 0.29) is 52.1 Å². The fraction of sp³-hybridized carbons (Fsp3) is 0.241. The number of amides is 2. The molecular weight excluding hydrogens is 623 g/mol. The van der Waals surface area contributed by atoms with Crippen LogP contribution in [0, 0.1) is 11.6 Å². The van der Waals surface area contributed by atoms with Crippen molar-refractivity contribution in [3.63, 3.8) is 0 Å². The molecule has 0 radical (unpaired) electrons. The first-order valence-electron chi connectivity index (χ1n) is 13.0. The lowest BCUT2D eigenvalue weighted by Gasteiger charge is -2.28. The lowest BCUT2D eigenvalue weighted by molar-refractivity contribution is -0.137. The summed E-state index contributed by atoms with van der Waals surface area (Å²) in [5.74, 6) is -2.60. The topological polar surface area (TPSA) is 113 Å². The molecule has 0 bridgehead atoms. The average Bonchev–Trinajstić information content (AvgIpc) is 3.53. The van der Waals surface area contributed by atoms with Gasteiger partial charge in [0.2, 0.25) is 12.3 Å². The van der Waals surface area contributed by atoms with Gasteiger partial charge in [0.1, 0.15) is 18.8 Å². The van der Waals surface area contributed by atoms with Crippen molar-refractivity contribution in [1.82, 2.24) is 15.2 Å². The molecule has 4 rings (SSSR count). The molecule has 10 nitrogen and oxygen atoms in total. The van der Waals surface area contributed by atoms with E-state index < -0.39 is 35.8 Å². The number of hydrogen-bond donors (Lipinski definition) is 2. The molecule has 0 saturated heterocycles. The molecule has 238 valence electrons. The monoisotopic (exact) mass is 650 g/mol. The van der Waals surface area contributed by atoms with Gasteiger partial charge in [0.15, 0.2) is 23.1 Å². The predicted molar refractivity (Wildman–Crippen MR) is 159 cm³/mol. The summed E-state index contributed by atoms with van der Waals surface area (Å²) >= 11 is 1.30. The number of anilines is 3. The van der Waals surface area contributed by atoms with Crippen LogP contribution in [0.1, 0.15) is 11.4 Å². The van der Waals surface area contributed by atoms with Crippen molar-refractivity contribution in [2.75, 3.05) is 49.1 Å². The minimum absolute atomic E-state index is 0.0689. The summed E-state index contributed by atoms with van der Waals surface area (Å²) in [6.07, 6.45) is -1.45. The van der Waals surface area contributed by atoms with Crippen molar-refractivity contribution in [2.45, 2.75) is 17.7 Å². The SMILES string of the molecule is COc1cc(-c2cc(C(F)(F)F)cc(N(C)CC(=O)Nc3ccc(SC)cc3F)c2N(C)C=O)cc(F)c1OCc1nnc[nH]1. The quantitative estimate of drug-likeness (QED) is 0.113. The van der Waals surface area contributed by atoms with E-state index in [2.05, 4.69) is 20.5 Å². The fourth-order valence-electron chi connectivity index (χ4n) is 4.39. The number of methoxy groups -OCH3 is 1. The zero-order chi connectivity index (χ0) is 32.9. The first-order chi connectivity index (χ1) is 21.4. The number of rotatable bonds is 12. The number of halogens is 5. The molecule has 0 saturated carbocycles. The Morgan fingerprint density at radius 3 is 2.47 bits per heavy atom. The maximum absolute atomic E-state index is 15.4. The summed E-state index contributed by atoms with van der Waals surface area (Å²) < 4.78 is 83.2. The molecule has 3 aromatic carbocycles. The number of carbonyl (C=O) groups excluding carboxylic acids is 2. The van der Waals surface area contributed by atoms with E-state index in [1.165, 1.54) is 62.4 Å². The smallest absolute Gasteiger partial charge is 0.416 e. The lowest BCUT2D eigenvalue weighted by Crippen LogP contribution is -2.32. The number of nitrogens with one attached hydrogen (secondary N) is 2. The Balaban J connectivity index is 1.77. The number of thioether (sulfide) groups is 1. The maximum Gasteiger partial charge on any atom is 0.416 e. The van der Waals surface area contributed by atoms with Crippen molar-refractivity contribution >= 4 is 41.1 Å². The van der Waals surface area contributed by atoms with Crippen LogP contribution in [0.15, 0.2) is 53.7 Å². The van der Waals surface area contributed by atoms with Crippen LogP contribution >= 0.6 is 11.8 Å². The van der Waals surface area contributed by atoms with Gasteiger partial charge in [-0.25, -0.2) is 8.78 Å². The molecule has 4 aromatic rings. The van der Waals surface area contributed by atoms with Gasteiger partial charge in [-0.2, -0.15) is 13.2 Å². The van der Waals surface area contributed by atoms with Gasteiger partial charge in [-0.05, 0) is 54.3 Å². The molecule has 0 aliphatic carbocycles. The second kappa shape index (κ2) is 13.8. The number of benzene rings is 3. The molecular formula is C29H27F5N6O4S. The average molecular weight is 651 g/mol. The Hall–Kier alpha value is -4.86. The minimum Gasteiger partial charge on any atom is -0.493 e. The van der Waals surface area contributed by atoms with Crippen molar-refractivity contribution < 1.29 is 41.0 Å². The van der Waals surface area contributed by atoms with Crippen molar-refractivity contribution in [3.8, 4) is 22.6 Å². The Kier molecular flexibility index (Phi) is 10.2. The van der Waals surface area contributed by atoms with E-state index in [9.17, 15) is 27.2 Å². The highest BCUT2D eigenvalue weighted by Gasteiger charge is 2.34. The van der Waals surface area contributed by atoms with Crippen molar-refractivity contribution in [2.24, 2.45) is 0 Å². The van der Waals surface area contributed by atoms with E-state index in [4.69, 9.17) is 9.47 Å². The van der Waals surface area contributed by atoms with Crippen molar-refractivity contribution in [1.29, 1.82) is 0 Å². The van der Waals surface area contributed by atoms with Gasteiger partial charge < -0.3 is 29.6 Å². The summed E-state index contributed by atoms with van der Waals surface area (Å²) in [6, 6.07) is 7.93. The van der Waals surface area contributed by atoms with Crippen LogP contribution in [0.3, 0.4) is 0 Å². The van der Waals surface area contributed by atoms with E-state index >= 15 is 4.39 Å². The van der Waals surface area contributed by atoms with E-state index in [0.717, 1.165) is 23.1 Å². The number of hydrogen-bond acceptors (Lipinski definition) is 8. The number of carbonyl (C=O) groups is 2. The number of alkyl halides is 3. The van der Waals surface area contributed by atoms with Crippen LogP contribution < -0.4 is 24.6 Å². The summed E-state index contributed by atoms with van der Waals surface area (Å²) in [6.45, 7) is -0.742. The summed E-state index contributed by atoms with van der Waals surface area (Å²) in [5, 5.41) is 9.76. The zero-order valence-electron chi connectivity index (χ0n) is 24.3. The van der Waals surface area contributed by atoms with E-state index in [0.29, 0.717) is 11.3 Å². The Labute approximate surface area is 258 Å². The summed E-state index contributed by atoms with van der Waals surface area (Å²) in [7, 11) is 3.84. The molecule has 0 aliphatic rings. The number of nitrogens with zero attached hydrogens (tertiary/aromatic N) is 4. The van der Waals surface area contributed by atoms with E-state index in [1.807, 2.05) is 0 Å². The molecule has 1 aromatic heterocycles. The van der Waals surface area contributed by atoms with Gasteiger partial charge in [0, 0.05) is 24.6 Å². The predicted octanol–water partition coefficient (Wildman–Crippen LogP) is 5.75. The van der Waals surface area contributed by atoms with Crippen LogP contribution in [0.5, 0.6) is 11.5 Å². The van der Waals surface area contributed by atoms with Gasteiger partial charge in [-0.1, -0.05) is 0 Å². The second-order valence-electron chi connectivity index (χ2n) is 9.57. The van der Waals surface area contributed by atoms with Crippen LogP contribution in [-0.4, -0.2) is 61.5 Å². The Bertz CT molecular complexity index is 1690. The first-order valence-corrected chi connectivity index (χ1v) is 14.2. The number of ether oxygens (including phenoxy) is 2. The van der Waals surface area contributed by atoms with Crippen LogP contribution in [0.25, 0.3) is 11.1 Å². The molecule has 2 N–H and O–H groups in total. The molecule has 45 heavy (non-hydrogen) atoms. The normalized spacial score (nSPS) is 11.2. The lowest BCUT2D eigenvalue weighted by atomic mass is 9.97. The number of aromatic amines is 1. The Morgan fingerprint density at radius 1 is 1.11 bits per heavy atom. The number of H-pyrrole nitrogens is 1. The highest BCUT2D eigenvalue weighted by molar-refractivity contribution is 7.98. The third kappa shape index (κ3) is 7.63. The molecule has 0 fully saturated rings. The molecule has 1 heterocycles. The third-order valence-corrected chi connectivity index (χ3v) is 7.26. The minimum atomic E-state index is -4.87. The fourth-order valence-corrected chi connectivity index (χ4v) is 4.81. The number of likely N-dealkylation sites (N-methyl/N-ethyl adjacent to an activating group) is 1. The van der Waals surface area contributed by atoms with Crippen molar-refractivity contribution in [3.05, 3.63) is 71.8 Å². The molecule has 0 unspecified atom stereocenters. The molecule has 0 spiro atoms. The van der Waals surface area contributed by atoms with Crippen LogP contribution in [0.2, 0.25) is 0 Å². The van der Waals surface area contributed by atoms with Crippen LogP contribution in [-0.2, 0) is 22.4 Å². The molecule has 0 aliphatic heterocycles. The second-order valence-corrected chi connectivity index (χ2v) is 10.4. The highest BCUT2D eigenvalue weighted by atomic mass is 32.2. The van der Waals surface area contributed by atoms with Gasteiger partial charge in [0.05, 0.1) is 36.3 Å². The van der Waals surface area contributed by atoms with Gasteiger partial charge in [-0.3, -0.25) is 9.59 Å². The highest BCUT2D eigenvalue weighted by Crippen LogP contribution is 2.46. The third-order valence-electron chi connectivity index (χ3n) is 6.53. The Morgan fingerprint density at radius 2 is 1.87 bits per heavy atom.